The molecule has 2 amide bonds. The largest absolute Gasteiger partial charge is 0.490 e. The maximum atomic E-state index is 12.5. The molecule has 2 atom stereocenters. The molecule has 7 nitrogen and oxygen atoms in total. The normalized spacial score (nSPS) is 20.7. The Hall–Kier alpha value is -3.40. The van der Waals surface area contributed by atoms with Crippen molar-refractivity contribution in [2.45, 2.75) is 56.8 Å². The quantitative estimate of drug-likeness (QED) is 0.487. The third-order valence-corrected chi connectivity index (χ3v) is 6.77. The van der Waals surface area contributed by atoms with Gasteiger partial charge in [0.25, 0.3) is 5.91 Å². The molecule has 2 saturated carbocycles. The average molecular weight is 518 g/mol. The molecular formula is C27H30F3N3O4. The molecule has 10 heteroatoms. The minimum Gasteiger partial charge on any atom is -0.475 e. The van der Waals surface area contributed by atoms with Crippen molar-refractivity contribution in [3.05, 3.63) is 65.2 Å². The molecule has 0 aromatic heterocycles. The summed E-state index contributed by atoms with van der Waals surface area (Å²) in [5.41, 5.74) is 3.99. The number of hydrogen-bond donors (Lipinski definition) is 3. The van der Waals surface area contributed by atoms with Gasteiger partial charge >= 0.3 is 12.1 Å². The van der Waals surface area contributed by atoms with Gasteiger partial charge in [0.1, 0.15) is 0 Å². The summed E-state index contributed by atoms with van der Waals surface area (Å²) in [5.74, 6) is -1.11. The molecule has 2 aliphatic carbocycles. The highest BCUT2D eigenvalue weighted by atomic mass is 19.4. The molecule has 1 saturated heterocycles. The van der Waals surface area contributed by atoms with Crippen LogP contribution in [0.1, 0.15) is 59.5 Å². The van der Waals surface area contributed by atoms with Crippen LogP contribution in [-0.4, -0.2) is 48.2 Å². The fourth-order valence-corrected chi connectivity index (χ4v) is 4.31. The van der Waals surface area contributed by atoms with E-state index >= 15 is 0 Å². The number of anilines is 1. The van der Waals surface area contributed by atoms with Crippen LogP contribution in [-0.2, 0) is 16.1 Å². The Morgan fingerprint density at radius 3 is 2.22 bits per heavy atom. The number of nitrogens with one attached hydrogen (secondary N) is 2. The second-order valence-electron chi connectivity index (χ2n) is 9.72. The summed E-state index contributed by atoms with van der Waals surface area (Å²) in [7, 11) is 0. The Morgan fingerprint density at radius 1 is 1.03 bits per heavy atom. The molecule has 0 spiro atoms. The number of rotatable bonds is 8. The van der Waals surface area contributed by atoms with Crippen molar-refractivity contribution in [3.8, 4) is 0 Å². The lowest BCUT2D eigenvalue weighted by Gasteiger charge is -2.16. The van der Waals surface area contributed by atoms with Crippen LogP contribution >= 0.6 is 0 Å². The van der Waals surface area contributed by atoms with E-state index in [1.807, 2.05) is 41.3 Å². The Kier molecular flexibility index (Phi) is 8.16. The minimum atomic E-state index is -5.08. The molecule has 2 aromatic rings. The van der Waals surface area contributed by atoms with E-state index in [1.54, 1.807) is 0 Å². The highest BCUT2D eigenvalue weighted by molar-refractivity contribution is 5.95. The lowest BCUT2D eigenvalue weighted by molar-refractivity contribution is -0.192. The van der Waals surface area contributed by atoms with Gasteiger partial charge in [0.05, 0.1) is 0 Å². The van der Waals surface area contributed by atoms with E-state index in [9.17, 15) is 22.8 Å². The van der Waals surface area contributed by atoms with Crippen molar-refractivity contribution in [2.75, 3.05) is 18.0 Å². The summed E-state index contributed by atoms with van der Waals surface area (Å²) >= 11 is 0. The number of carbonyl (C=O) groups is 3. The molecule has 5 rings (SSSR count). The lowest BCUT2D eigenvalue weighted by Crippen LogP contribution is -2.24. The van der Waals surface area contributed by atoms with Crippen LogP contribution in [0.15, 0.2) is 48.5 Å². The number of aliphatic carboxylic acids is 1. The molecule has 1 aliphatic heterocycles. The number of hydrogen-bond acceptors (Lipinski definition) is 4. The maximum absolute atomic E-state index is 12.5. The summed E-state index contributed by atoms with van der Waals surface area (Å²) in [6, 6.07) is 16.6. The Morgan fingerprint density at radius 2 is 1.68 bits per heavy atom. The predicted octanol–water partition coefficient (Wildman–Crippen LogP) is 4.23. The van der Waals surface area contributed by atoms with Gasteiger partial charge in [0.15, 0.2) is 0 Å². The maximum Gasteiger partial charge on any atom is 0.490 e. The lowest BCUT2D eigenvalue weighted by atomic mass is 10.1. The Bertz CT molecular complexity index is 1120. The summed E-state index contributed by atoms with van der Waals surface area (Å²) in [6.07, 6.45) is 0.451. The minimum absolute atomic E-state index is 0.0560. The van der Waals surface area contributed by atoms with Gasteiger partial charge in [-0.1, -0.05) is 24.3 Å². The SMILES string of the molecule is O=C(NCc1ccc(N2CCCC2=O)cc1)c1ccc([C@@H]2C[C@H]2NCC2CC2)cc1.O=C(O)C(F)(F)F. The third-order valence-electron chi connectivity index (χ3n) is 6.77. The predicted molar refractivity (Wildman–Crippen MR) is 131 cm³/mol. The van der Waals surface area contributed by atoms with Crippen LogP contribution in [0.2, 0.25) is 0 Å². The fourth-order valence-electron chi connectivity index (χ4n) is 4.31. The summed E-state index contributed by atoms with van der Waals surface area (Å²) in [5, 5.41) is 13.8. The monoisotopic (exact) mass is 517 g/mol. The molecule has 37 heavy (non-hydrogen) atoms. The number of carbonyl (C=O) groups excluding carboxylic acids is 2. The molecule has 0 bridgehead atoms. The van der Waals surface area contributed by atoms with E-state index < -0.39 is 12.1 Å². The number of alkyl halides is 3. The van der Waals surface area contributed by atoms with E-state index in [0.29, 0.717) is 30.5 Å². The van der Waals surface area contributed by atoms with E-state index in [-0.39, 0.29) is 11.8 Å². The van der Waals surface area contributed by atoms with Crippen molar-refractivity contribution in [1.82, 2.24) is 10.6 Å². The number of benzene rings is 2. The van der Waals surface area contributed by atoms with Crippen molar-refractivity contribution in [2.24, 2.45) is 5.92 Å². The third kappa shape index (κ3) is 7.55. The second-order valence-corrected chi connectivity index (χ2v) is 9.72. The van der Waals surface area contributed by atoms with Crippen LogP contribution in [0.4, 0.5) is 18.9 Å². The van der Waals surface area contributed by atoms with Crippen LogP contribution in [0.3, 0.4) is 0 Å². The van der Waals surface area contributed by atoms with E-state index in [4.69, 9.17) is 9.90 Å². The highest BCUT2D eigenvalue weighted by Gasteiger charge is 2.39. The number of carboxylic acid groups (broad SMARTS) is 1. The Labute approximate surface area is 213 Å². The van der Waals surface area contributed by atoms with Crippen LogP contribution in [0.5, 0.6) is 0 Å². The van der Waals surface area contributed by atoms with Gasteiger partial charge < -0.3 is 20.6 Å². The number of halogens is 3. The van der Waals surface area contributed by atoms with Crippen molar-refractivity contribution >= 4 is 23.5 Å². The van der Waals surface area contributed by atoms with Gasteiger partial charge in [-0.05, 0) is 73.5 Å². The van der Waals surface area contributed by atoms with Crippen LogP contribution in [0.25, 0.3) is 0 Å². The van der Waals surface area contributed by atoms with Gasteiger partial charge in [-0.2, -0.15) is 13.2 Å². The molecule has 0 radical (unpaired) electrons. The zero-order valence-electron chi connectivity index (χ0n) is 20.3. The van der Waals surface area contributed by atoms with Gasteiger partial charge in [-0.3, -0.25) is 9.59 Å². The van der Waals surface area contributed by atoms with Crippen molar-refractivity contribution in [3.63, 3.8) is 0 Å². The zero-order valence-corrected chi connectivity index (χ0v) is 20.3. The zero-order chi connectivity index (χ0) is 26.6. The van der Waals surface area contributed by atoms with Gasteiger partial charge in [-0.15, -0.1) is 0 Å². The molecule has 1 heterocycles. The van der Waals surface area contributed by atoms with Crippen LogP contribution in [0, 0.1) is 5.92 Å². The first kappa shape index (κ1) is 26.7. The summed E-state index contributed by atoms with van der Waals surface area (Å²) in [4.78, 5) is 35.1. The first-order chi connectivity index (χ1) is 17.6. The first-order valence-corrected chi connectivity index (χ1v) is 12.4. The highest BCUT2D eigenvalue weighted by Crippen LogP contribution is 2.41. The fraction of sp³-hybridized carbons (Fsp3) is 0.444. The molecule has 0 unspecified atom stereocenters. The Balaban J connectivity index is 0.000000405. The van der Waals surface area contributed by atoms with Gasteiger partial charge in [0.2, 0.25) is 5.91 Å². The van der Waals surface area contributed by atoms with E-state index in [1.165, 1.54) is 24.8 Å². The summed E-state index contributed by atoms with van der Waals surface area (Å²) in [6.45, 7) is 2.44. The number of carboxylic acids is 1. The smallest absolute Gasteiger partial charge is 0.475 e. The topological polar surface area (TPSA) is 98.7 Å². The first-order valence-electron chi connectivity index (χ1n) is 12.4. The van der Waals surface area contributed by atoms with Crippen molar-refractivity contribution in [1.29, 1.82) is 0 Å². The molecule has 3 N–H and O–H groups in total. The molecule has 2 aromatic carbocycles. The van der Waals surface area contributed by atoms with E-state index in [2.05, 4.69) is 22.8 Å². The summed E-state index contributed by atoms with van der Waals surface area (Å²) < 4.78 is 31.7. The molecule has 198 valence electrons. The van der Waals surface area contributed by atoms with Gasteiger partial charge in [-0.25, -0.2) is 4.79 Å². The molecule has 3 aliphatic rings. The number of amides is 2. The molecule has 3 fully saturated rings. The molecular weight excluding hydrogens is 487 g/mol. The van der Waals surface area contributed by atoms with Crippen molar-refractivity contribution < 1.29 is 32.7 Å². The standard InChI is InChI=1S/C25H29N3O2.C2HF3O2/c29-24-2-1-13-28(24)21-11-5-18(6-12-21)16-27-25(30)20-9-7-19(8-10-20)22-14-23(22)26-15-17-3-4-17;3-2(4,5)1(6)7/h5-12,17,22-23,26H,1-4,13-16H2,(H,27,30);(H,6,7)/t22-,23+;/m0./s1. The van der Waals surface area contributed by atoms with Gasteiger partial charge in [0, 0.05) is 42.7 Å². The second kappa shape index (κ2) is 11.3. The average Bonchev–Trinajstić information content (AvgIpc) is 3.80. The van der Waals surface area contributed by atoms with Crippen LogP contribution < -0.4 is 15.5 Å². The van der Waals surface area contributed by atoms with E-state index in [0.717, 1.165) is 36.7 Å². The number of nitrogens with zero attached hydrogens (tertiary/aromatic N) is 1.